The maximum Gasteiger partial charge on any atom is 0.242 e. The number of likely N-dealkylation sites (N-methyl/N-ethyl adjacent to an activating group) is 1. The van der Waals surface area contributed by atoms with E-state index in [9.17, 15) is 9.59 Å². The van der Waals surface area contributed by atoms with Crippen molar-refractivity contribution in [3.8, 4) is 0 Å². The van der Waals surface area contributed by atoms with Crippen molar-refractivity contribution in [3.05, 3.63) is 0 Å². The molecule has 0 saturated carbocycles. The van der Waals surface area contributed by atoms with Crippen LogP contribution in [-0.4, -0.2) is 35.8 Å². The van der Waals surface area contributed by atoms with E-state index >= 15 is 0 Å². The van der Waals surface area contributed by atoms with Crippen molar-refractivity contribution in [2.75, 3.05) is 7.05 Å². The minimum absolute atomic E-state index is 0.0560. The molecule has 1 fully saturated rings. The number of carbonyl (C=O) groups is 2. The Labute approximate surface area is 78.3 Å². The first-order chi connectivity index (χ1) is 6.07. The maximum absolute atomic E-state index is 11.4. The highest BCUT2D eigenvalue weighted by Gasteiger charge is 2.36. The third kappa shape index (κ3) is 1.82. The van der Waals surface area contributed by atoms with Crippen molar-refractivity contribution in [2.24, 2.45) is 0 Å². The summed E-state index contributed by atoms with van der Waals surface area (Å²) in [5, 5.41) is 2.58. The first-order valence-electron chi connectivity index (χ1n) is 4.60. The van der Waals surface area contributed by atoms with Gasteiger partial charge in [0.1, 0.15) is 6.04 Å². The lowest BCUT2D eigenvalue weighted by Crippen LogP contribution is -2.46. The van der Waals surface area contributed by atoms with Crippen molar-refractivity contribution in [1.29, 1.82) is 0 Å². The number of nitrogens with zero attached hydrogens (tertiary/aromatic N) is 1. The average Bonchev–Trinajstić information content (AvgIpc) is 2.45. The van der Waals surface area contributed by atoms with E-state index < -0.39 is 0 Å². The van der Waals surface area contributed by atoms with Gasteiger partial charge in [-0.2, -0.15) is 0 Å². The van der Waals surface area contributed by atoms with E-state index in [2.05, 4.69) is 5.32 Å². The minimum Gasteiger partial charge on any atom is -0.357 e. The van der Waals surface area contributed by atoms with Crippen molar-refractivity contribution in [2.45, 2.75) is 38.8 Å². The third-order valence-electron chi connectivity index (χ3n) is 2.36. The summed E-state index contributed by atoms with van der Waals surface area (Å²) < 4.78 is 0. The van der Waals surface area contributed by atoms with Crippen LogP contribution in [0.3, 0.4) is 0 Å². The Bertz CT molecular complexity index is 226. The fourth-order valence-electron chi connectivity index (χ4n) is 1.77. The molecule has 0 aromatic heterocycles. The SMILES string of the molecule is CNC(=O)[C@@H]1CCC(=O)N1C(C)C. The van der Waals surface area contributed by atoms with Gasteiger partial charge in [0.25, 0.3) is 0 Å². The molecule has 1 rings (SSSR count). The topological polar surface area (TPSA) is 49.4 Å². The lowest BCUT2D eigenvalue weighted by molar-refractivity contribution is -0.136. The number of amides is 2. The van der Waals surface area contributed by atoms with Crippen LogP contribution >= 0.6 is 0 Å². The van der Waals surface area contributed by atoms with Gasteiger partial charge < -0.3 is 10.2 Å². The second kappa shape index (κ2) is 3.77. The molecule has 4 heteroatoms. The number of rotatable bonds is 2. The predicted molar refractivity (Wildman–Crippen MR) is 49.1 cm³/mol. The van der Waals surface area contributed by atoms with Crippen LogP contribution in [0.15, 0.2) is 0 Å². The Kier molecular flexibility index (Phi) is 2.90. The summed E-state index contributed by atoms with van der Waals surface area (Å²) in [5.74, 6) is 0.0307. The Morgan fingerprint density at radius 1 is 1.62 bits per heavy atom. The fourth-order valence-corrected chi connectivity index (χ4v) is 1.77. The molecule has 0 radical (unpaired) electrons. The molecule has 13 heavy (non-hydrogen) atoms. The predicted octanol–water partition coefficient (Wildman–Crippen LogP) is 0.132. The summed E-state index contributed by atoms with van der Waals surface area (Å²) in [4.78, 5) is 24.4. The van der Waals surface area contributed by atoms with Crippen molar-refractivity contribution < 1.29 is 9.59 Å². The molecular formula is C9H16N2O2. The number of nitrogens with one attached hydrogen (secondary N) is 1. The summed E-state index contributed by atoms with van der Waals surface area (Å²) in [5.41, 5.74) is 0. The molecular weight excluding hydrogens is 168 g/mol. The lowest BCUT2D eigenvalue weighted by Gasteiger charge is -2.27. The number of carbonyl (C=O) groups excluding carboxylic acids is 2. The molecule has 0 aromatic rings. The summed E-state index contributed by atoms with van der Waals surface area (Å²) in [6.45, 7) is 3.86. The molecule has 0 unspecified atom stereocenters. The molecule has 1 aliphatic heterocycles. The zero-order valence-electron chi connectivity index (χ0n) is 8.33. The molecule has 2 amide bonds. The zero-order chi connectivity index (χ0) is 10.0. The highest BCUT2D eigenvalue weighted by molar-refractivity contribution is 5.90. The fraction of sp³-hybridized carbons (Fsp3) is 0.778. The van der Waals surface area contributed by atoms with Gasteiger partial charge in [0.2, 0.25) is 11.8 Å². The Balaban J connectivity index is 2.75. The number of likely N-dealkylation sites (tertiary alicyclic amines) is 1. The third-order valence-corrected chi connectivity index (χ3v) is 2.36. The highest BCUT2D eigenvalue weighted by Crippen LogP contribution is 2.21. The lowest BCUT2D eigenvalue weighted by atomic mass is 10.2. The second-order valence-electron chi connectivity index (χ2n) is 3.56. The van der Waals surface area contributed by atoms with E-state index in [0.717, 1.165) is 0 Å². The Hall–Kier alpha value is -1.06. The van der Waals surface area contributed by atoms with Gasteiger partial charge in [-0.15, -0.1) is 0 Å². The molecule has 1 aliphatic rings. The van der Waals surface area contributed by atoms with E-state index in [0.29, 0.717) is 12.8 Å². The quantitative estimate of drug-likeness (QED) is 0.663. The molecule has 0 bridgehead atoms. The van der Waals surface area contributed by atoms with E-state index in [4.69, 9.17) is 0 Å². The Morgan fingerprint density at radius 3 is 2.69 bits per heavy atom. The zero-order valence-corrected chi connectivity index (χ0v) is 8.33. The number of hydrogen-bond donors (Lipinski definition) is 1. The summed E-state index contributed by atoms with van der Waals surface area (Å²) >= 11 is 0. The van der Waals surface area contributed by atoms with Crippen molar-refractivity contribution in [1.82, 2.24) is 10.2 Å². The van der Waals surface area contributed by atoms with Gasteiger partial charge >= 0.3 is 0 Å². The second-order valence-corrected chi connectivity index (χ2v) is 3.56. The standard InChI is InChI=1S/C9H16N2O2/c1-6(2)11-7(9(13)10-3)4-5-8(11)12/h6-7H,4-5H2,1-3H3,(H,10,13)/t7-/m0/s1. The van der Waals surface area contributed by atoms with Gasteiger partial charge in [-0.3, -0.25) is 9.59 Å². The van der Waals surface area contributed by atoms with Crippen LogP contribution in [0, 0.1) is 0 Å². The van der Waals surface area contributed by atoms with Crippen molar-refractivity contribution >= 4 is 11.8 Å². The van der Waals surface area contributed by atoms with E-state index in [1.807, 2.05) is 13.8 Å². The van der Waals surface area contributed by atoms with Gasteiger partial charge in [-0.05, 0) is 20.3 Å². The molecule has 1 N–H and O–H groups in total. The molecule has 1 heterocycles. The van der Waals surface area contributed by atoms with Gasteiger partial charge in [0.15, 0.2) is 0 Å². The largest absolute Gasteiger partial charge is 0.357 e. The molecule has 1 atom stereocenters. The average molecular weight is 184 g/mol. The Morgan fingerprint density at radius 2 is 2.23 bits per heavy atom. The van der Waals surface area contributed by atoms with Gasteiger partial charge in [0, 0.05) is 19.5 Å². The van der Waals surface area contributed by atoms with Gasteiger partial charge in [0.05, 0.1) is 0 Å². The molecule has 74 valence electrons. The van der Waals surface area contributed by atoms with E-state index in [1.165, 1.54) is 0 Å². The van der Waals surface area contributed by atoms with Crippen LogP contribution in [0.5, 0.6) is 0 Å². The highest BCUT2D eigenvalue weighted by atomic mass is 16.2. The van der Waals surface area contributed by atoms with Crippen LogP contribution in [-0.2, 0) is 9.59 Å². The monoisotopic (exact) mass is 184 g/mol. The van der Waals surface area contributed by atoms with Gasteiger partial charge in [-0.25, -0.2) is 0 Å². The van der Waals surface area contributed by atoms with Crippen LogP contribution < -0.4 is 5.32 Å². The van der Waals surface area contributed by atoms with E-state index in [1.54, 1.807) is 11.9 Å². The van der Waals surface area contributed by atoms with E-state index in [-0.39, 0.29) is 23.9 Å². The first-order valence-corrected chi connectivity index (χ1v) is 4.60. The van der Waals surface area contributed by atoms with Gasteiger partial charge in [-0.1, -0.05) is 0 Å². The van der Waals surface area contributed by atoms with Crippen LogP contribution in [0.4, 0.5) is 0 Å². The van der Waals surface area contributed by atoms with Crippen LogP contribution in [0.2, 0.25) is 0 Å². The number of hydrogen-bond acceptors (Lipinski definition) is 2. The molecule has 0 spiro atoms. The van der Waals surface area contributed by atoms with Crippen LogP contribution in [0.1, 0.15) is 26.7 Å². The summed E-state index contributed by atoms with van der Waals surface area (Å²) in [6.07, 6.45) is 1.15. The molecule has 1 saturated heterocycles. The molecule has 0 aromatic carbocycles. The normalized spacial score (nSPS) is 22.6. The molecule has 4 nitrogen and oxygen atoms in total. The first kappa shape index (κ1) is 10.0. The van der Waals surface area contributed by atoms with Crippen LogP contribution in [0.25, 0.3) is 0 Å². The maximum atomic E-state index is 11.4. The minimum atomic E-state index is -0.252. The summed E-state index contributed by atoms with van der Waals surface area (Å²) in [6, 6.07) is -0.144. The summed E-state index contributed by atoms with van der Waals surface area (Å²) in [7, 11) is 1.60. The van der Waals surface area contributed by atoms with Crippen molar-refractivity contribution in [3.63, 3.8) is 0 Å². The molecule has 0 aliphatic carbocycles. The smallest absolute Gasteiger partial charge is 0.242 e.